The van der Waals surface area contributed by atoms with Crippen molar-refractivity contribution < 1.29 is 18.0 Å². The Hall–Kier alpha value is -3.46. The highest BCUT2D eigenvalue weighted by molar-refractivity contribution is 5.92. The van der Waals surface area contributed by atoms with Gasteiger partial charge in [0.25, 0.3) is 0 Å². The number of benzene rings is 2. The number of anilines is 1. The average Bonchev–Trinajstić information content (AvgIpc) is 2.92. The SMILES string of the molecule is Cc1nc(N[C@H](C)c2cccc(C(F)(F)F)c2)c2cc(C3=CCC(C(=O)N4CCN(C)CC4)CC3)ccc2n1. The third-order valence-electron chi connectivity index (χ3n) is 7.82. The van der Waals surface area contributed by atoms with E-state index in [0.717, 1.165) is 68.0 Å². The Morgan fingerprint density at radius 2 is 1.85 bits per heavy atom. The highest BCUT2D eigenvalue weighted by atomic mass is 19.4. The van der Waals surface area contributed by atoms with E-state index in [-0.39, 0.29) is 11.8 Å². The lowest BCUT2D eigenvalue weighted by atomic mass is 9.85. The predicted octanol–water partition coefficient (Wildman–Crippen LogP) is 6.09. The van der Waals surface area contributed by atoms with Crippen molar-refractivity contribution in [2.75, 3.05) is 38.5 Å². The standard InChI is InChI=1S/C30H34F3N5O/c1-19(23-5-4-6-25(17-23)30(31,32)33)34-28-26-18-24(11-12-27(26)35-20(2)36-28)21-7-9-22(10-8-21)29(39)38-15-13-37(3)14-16-38/h4-7,11-12,17-19,22H,8-10,13-16H2,1-3H3,(H,34,35,36)/t19-,22?/m1/s1. The predicted molar refractivity (Wildman–Crippen MR) is 147 cm³/mol. The number of nitrogens with zero attached hydrogens (tertiary/aromatic N) is 4. The third-order valence-corrected chi connectivity index (χ3v) is 7.82. The third kappa shape index (κ3) is 6.08. The molecular weight excluding hydrogens is 503 g/mol. The number of nitrogens with one attached hydrogen (secondary N) is 1. The van der Waals surface area contributed by atoms with E-state index in [2.05, 4.69) is 33.3 Å². The molecule has 2 aromatic carbocycles. The first-order valence-corrected chi connectivity index (χ1v) is 13.5. The van der Waals surface area contributed by atoms with E-state index in [4.69, 9.17) is 0 Å². The monoisotopic (exact) mass is 537 g/mol. The minimum atomic E-state index is -4.40. The van der Waals surface area contributed by atoms with Crippen LogP contribution in [0.3, 0.4) is 0 Å². The van der Waals surface area contributed by atoms with Gasteiger partial charge >= 0.3 is 6.18 Å². The van der Waals surface area contributed by atoms with Crippen LogP contribution in [-0.4, -0.2) is 58.9 Å². The number of piperazine rings is 1. The molecule has 6 nitrogen and oxygen atoms in total. The van der Waals surface area contributed by atoms with Crippen LogP contribution >= 0.6 is 0 Å². The smallest absolute Gasteiger partial charge is 0.363 e. The molecule has 0 bridgehead atoms. The van der Waals surface area contributed by atoms with Gasteiger partial charge in [0.05, 0.1) is 11.1 Å². The fourth-order valence-electron chi connectivity index (χ4n) is 5.43. The van der Waals surface area contributed by atoms with Crippen molar-refractivity contribution in [1.29, 1.82) is 0 Å². The molecule has 1 aromatic heterocycles. The summed E-state index contributed by atoms with van der Waals surface area (Å²) in [7, 11) is 2.08. The van der Waals surface area contributed by atoms with E-state index in [1.807, 2.05) is 30.0 Å². The zero-order chi connectivity index (χ0) is 27.7. The Bertz CT molecular complexity index is 1400. The lowest BCUT2D eigenvalue weighted by molar-refractivity contribution is -0.138. The number of amides is 1. The number of fused-ring (bicyclic) bond motifs is 1. The number of halogens is 3. The van der Waals surface area contributed by atoms with Crippen LogP contribution in [-0.2, 0) is 11.0 Å². The lowest BCUT2D eigenvalue weighted by Crippen LogP contribution is -2.49. The van der Waals surface area contributed by atoms with Crippen LogP contribution in [0.5, 0.6) is 0 Å². The molecule has 39 heavy (non-hydrogen) atoms. The maximum absolute atomic E-state index is 13.2. The molecule has 2 atom stereocenters. The van der Waals surface area contributed by atoms with E-state index >= 15 is 0 Å². The number of rotatable bonds is 5. The molecule has 9 heteroatoms. The van der Waals surface area contributed by atoms with E-state index in [0.29, 0.717) is 17.2 Å². The van der Waals surface area contributed by atoms with Crippen LogP contribution < -0.4 is 5.32 Å². The van der Waals surface area contributed by atoms with Crippen molar-refractivity contribution in [2.45, 2.75) is 45.3 Å². The van der Waals surface area contributed by atoms with Gasteiger partial charge in [0.2, 0.25) is 5.91 Å². The van der Waals surface area contributed by atoms with E-state index < -0.39 is 17.8 Å². The van der Waals surface area contributed by atoms with E-state index in [1.165, 1.54) is 17.7 Å². The molecule has 1 aliphatic heterocycles. The number of likely N-dealkylation sites (N-methyl/N-ethyl adjacent to an activating group) is 1. The summed E-state index contributed by atoms with van der Waals surface area (Å²) in [5.41, 5.74) is 2.86. The summed E-state index contributed by atoms with van der Waals surface area (Å²) < 4.78 is 39.7. The van der Waals surface area contributed by atoms with Crippen LogP contribution in [0.1, 0.15) is 54.7 Å². The zero-order valence-corrected chi connectivity index (χ0v) is 22.6. The van der Waals surface area contributed by atoms with Crippen molar-refractivity contribution >= 4 is 28.2 Å². The van der Waals surface area contributed by atoms with Crippen molar-refractivity contribution in [3.63, 3.8) is 0 Å². The molecule has 1 fully saturated rings. The number of carbonyl (C=O) groups is 1. The fourth-order valence-corrected chi connectivity index (χ4v) is 5.43. The maximum Gasteiger partial charge on any atom is 0.416 e. The van der Waals surface area contributed by atoms with Crippen molar-refractivity contribution in [3.8, 4) is 0 Å². The lowest BCUT2D eigenvalue weighted by Gasteiger charge is -2.35. The van der Waals surface area contributed by atoms with E-state index in [9.17, 15) is 18.0 Å². The molecule has 0 spiro atoms. The van der Waals surface area contributed by atoms with Crippen molar-refractivity contribution in [2.24, 2.45) is 5.92 Å². The molecule has 206 valence electrons. The van der Waals surface area contributed by atoms with Crippen molar-refractivity contribution in [3.05, 3.63) is 71.1 Å². The summed E-state index contributed by atoms with van der Waals surface area (Å²) in [5.74, 6) is 1.45. The molecule has 1 saturated heterocycles. The molecule has 0 saturated carbocycles. The molecule has 2 aliphatic rings. The second kappa shape index (κ2) is 11.0. The molecule has 5 rings (SSSR count). The Kier molecular flexibility index (Phi) is 7.62. The van der Waals surface area contributed by atoms with Crippen LogP contribution in [0, 0.1) is 12.8 Å². The van der Waals surface area contributed by atoms with Crippen LogP contribution in [0.15, 0.2) is 48.5 Å². The Morgan fingerprint density at radius 3 is 2.54 bits per heavy atom. The van der Waals surface area contributed by atoms with Crippen LogP contribution in [0.2, 0.25) is 0 Å². The molecular formula is C30H34F3N5O. The number of allylic oxidation sites excluding steroid dienone is 2. The summed E-state index contributed by atoms with van der Waals surface area (Å²) in [4.78, 5) is 26.5. The Morgan fingerprint density at radius 1 is 1.08 bits per heavy atom. The summed E-state index contributed by atoms with van der Waals surface area (Å²) >= 11 is 0. The first kappa shape index (κ1) is 27.1. The number of hydrogen-bond donors (Lipinski definition) is 1. The molecule has 1 amide bonds. The highest BCUT2D eigenvalue weighted by Crippen LogP contribution is 2.35. The minimum absolute atomic E-state index is 0.0223. The molecule has 3 aromatic rings. The quantitative estimate of drug-likeness (QED) is 0.427. The Labute approximate surface area is 226 Å². The first-order valence-electron chi connectivity index (χ1n) is 13.5. The van der Waals surface area contributed by atoms with E-state index in [1.54, 1.807) is 13.0 Å². The highest BCUT2D eigenvalue weighted by Gasteiger charge is 2.31. The normalized spacial score (nSPS) is 19.6. The van der Waals surface area contributed by atoms with Gasteiger partial charge in [-0.3, -0.25) is 4.79 Å². The summed E-state index contributed by atoms with van der Waals surface area (Å²) in [6.45, 7) is 7.04. The van der Waals surface area contributed by atoms with Gasteiger partial charge in [-0.05, 0) is 81.1 Å². The van der Waals surface area contributed by atoms with Gasteiger partial charge in [0.15, 0.2) is 0 Å². The van der Waals surface area contributed by atoms with Gasteiger partial charge in [0.1, 0.15) is 11.6 Å². The molecule has 0 radical (unpaired) electrons. The minimum Gasteiger partial charge on any atom is -0.363 e. The van der Waals surface area contributed by atoms with Crippen molar-refractivity contribution in [1.82, 2.24) is 19.8 Å². The van der Waals surface area contributed by atoms with Gasteiger partial charge in [0, 0.05) is 43.5 Å². The summed E-state index contributed by atoms with van der Waals surface area (Å²) in [6.07, 6.45) is 0.130. The molecule has 1 aliphatic carbocycles. The Balaban J connectivity index is 1.36. The van der Waals surface area contributed by atoms with Gasteiger partial charge in [-0.1, -0.05) is 24.3 Å². The number of aryl methyl sites for hydroxylation is 1. The summed E-state index contributed by atoms with van der Waals surface area (Å²) in [6, 6.07) is 11.0. The molecule has 1 N–H and O–H groups in total. The molecule has 1 unspecified atom stereocenters. The summed E-state index contributed by atoms with van der Waals surface area (Å²) in [5, 5.41) is 4.13. The second-order valence-corrected chi connectivity index (χ2v) is 10.7. The topological polar surface area (TPSA) is 61.4 Å². The molecule has 2 heterocycles. The van der Waals surface area contributed by atoms with Crippen LogP contribution in [0.25, 0.3) is 16.5 Å². The number of hydrogen-bond acceptors (Lipinski definition) is 5. The van der Waals surface area contributed by atoms with Crippen LogP contribution in [0.4, 0.5) is 19.0 Å². The van der Waals surface area contributed by atoms with Gasteiger partial charge in [-0.2, -0.15) is 13.2 Å². The average molecular weight is 538 g/mol. The fraction of sp³-hybridized carbons (Fsp3) is 0.433. The first-order chi connectivity index (χ1) is 18.6. The largest absolute Gasteiger partial charge is 0.416 e. The second-order valence-electron chi connectivity index (χ2n) is 10.7. The zero-order valence-electron chi connectivity index (χ0n) is 22.6. The number of alkyl halides is 3. The number of aromatic nitrogens is 2. The van der Waals surface area contributed by atoms with Gasteiger partial charge in [-0.25, -0.2) is 9.97 Å². The maximum atomic E-state index is 13.2. The van der Waals surface area contributed by atoms with Gasteiger partial charge in [-0.15, -0.1) is 0 Å². The number of carbonyl (C=O) groups excluding carboxylic acids is 1. The van der Waals surface area contributed by atoms with Gasteiger partial charge < -0.3 is 15.1 Å².